The highest BCUT2D eigenvalue weighted by molar-refractivity contribution is 7.87. The van der Waals surface area contributed by atoms with Gasteiger partial charge in [-0.15, -0.1) is 0 Å². The molecule has 0 fully saturated rings. The SMILES string of the molecule is CCOC(=O)c1ccc(NC(=O)/C(C#N)=C/c2ccc(OS(=O)(=O)c3ccc(OC)cc3)c(OCC)c2)cc1. The molecule has 10 nitrogen and oxygen atoms in total. The van der Waals surface area contributed by atoms with Gasteiger partial charge in [-0.2, -0.15) is 13.7 Å². The number of hydrogen-bond acceptors (Lipinski definition) is 9. The van der Waals surface area contributed by atoms with E-state index in [0.717, 1.165) is 0 Å². The molecule has 3 rings (SSSR count). The molecule has 0 aromatic heterocycles. The van der Waals surface area contributed by atoms with Gasteiger partial charge < -0.3 is 23.7 Å². The Balaban J connectivity index is 1.80. The summed E-state index contributed by atoms with van der Waals surface area (Å²) in [4.78, 5) is 24.4. The van der Waals surface area contributed by atoms with Gasteiger partial charge in [-0.1, -0.05) is 6.07 Å². The third-order valence-electron chi connectivity index (χ3n) is 5.15. The Hall–Kier alpha value is -4.82. The molecule has 0 unspecified atom stereocenters. The highest BCUT2D eigenvalue weighted by atomic mass is 32.2. The van der Waals surface area contributed by atoms with Crippen molar-refractivity contribution >= 4 is 33.8 Å². The molecule has 0 radical (unpaired) electrons. The number of amides is 1. The Labute approximate surface area is 226 Å². The van der Waals surface area contributed by atoms with Crippen molar-refractivity contribution in [2.45, 2.75) is 18.7 Å². The maximum absolute atomic E-state index is 12.8. The first-order valence-electron chi connectivity index (χ1n) is 11.8. The van der Waals surface area contributed by atoms with Crippen LogP contribution in [0.2, 0.25) is 0 Å². The second-order valence-corrected chi connectivity index (χ2v) is 9.32. The molecule has 3 aromatic rings. The van der Waals surface area contributed by atoms with Crippen LogP contribution in [0.15, 0.2) is 77.2 Å². The number of ether oxygens (including phenoxy) is 3. The molecular weight excluding hydrogens is 524 g/mol. The van der Waals surface area contributed by atoms with Crippen molar-refractivity contribution in [3.8, 4) is 23.3 Å². The highest BCUT2D eigenvalue weighted by Gasteiger charge is 2.20. The van der Waals surface area contributed by atoms with Gasteiger partial charge >= 0.3 is 16.1 Å². The second kappa shape index (κ2) is 13.1. The lowest BCUT2D eigenvalue weighted by Gasteiger charge is -2.13. The lowest BCUT2D eigenvalue weighted by molar-refractivity contribution is -0.112. The van der Waals surface area contributed by atoms with E-state index >= 15 is 0 Å². The average molecular weight is 551 g/mol. The number of nitrogens with zero attached hydrogens (tertiary/aromatic N) is 1. The van der Waals surface area contributed by atoms with Crippen LogP contribution in [0.1, 0.15) is 29.8 Å². The van der Waals surface area contributed by atoms with E-state index in [1.807, 2.05) is 6.07 Å². The van der Waals surface area contributed by atoms with Crippen LogP contribution >= 0.6 is 0 Å². The van der Waals surface area contributed by atoms with E-state index in [0.29, 0.717) is 22.6 Å². The molecule has 0 bridgehead atoms. The van der Waals surface area contributed by atoms with Gasteiger partial charge in [0.05, 0.1) is 25.9 Å². The predicted molar refractivity (Wildman–Crippen MR) is 143 cm³/mol. The number of benzene rings is 3. The van der Waals surface area contributed by atoms with Crippen LogP contribution in [-0.2, 0) is 19.6 Å². The van der Waals surface area contributed by atoms with Crippen LogP contribution in [-0.4, -0.2) is 40.6 Å². The lowest BCUT2D eigenvalue weighted by atomic mass is 10.1. The molecule has 0 saturated carbocycles. The quantitative estimate of drug-likeness (QED) is 0.157. The van der Waals surface area contributed by atoms with Crippen molar-refractivity contribution in [3.63, 3.8) is 0 Å². The molecule has 11 heteroatoms. The molecule has 0 atom stereocenters. The predicted octanol–water partition coefficient (Wildman–Crippen LogP) is 4.58. The maximum atomic E-state index is 12.8. The molecule has 0 heterocycles. The number of hydrogen-bond donors (Lipinski definition) is 1. The summed E-state index contributed by atoms with van der Waals surface area (Å²) >= 11 is 0. The van der Waals surface area contributed by atoms with Crippen molar-refractivity contribution in [1.82, 2.24) is 0 Å². The Morgan fingerprint density at radius 3 is 2.23 bits per heavy atom. The molecule has 0 aliphatic rings. The minimum Gasteiger partial charge on any atom is -0.497 e. The number of methoxy groups -OCH3 is 1. The van der Waals surface area contributed by atoms with E-state index in [1.54, 1.807) is 13.8 Å². The van der Waals surface area contributed by atoms with E-state index in [4.69, 9.17) is 18.4 Å². The van der Waals surface area contributed by atoms with Crippen LogP contribution in [0.5, 0.6) is 17.2 Å². The number of nitrogens with one attached hydrogen (secondary N) is 1. The molecule has 1 amide bonds. The second-order valence-electron chi connectivity index (χ2n) is 7.77. The zero-order chi connectivity index (χ0) is 28.4. The van der Waals surface area contributed by atoms with E-state index < -0.39 is 22.0 Å². The van der Waals surface area contributed by atoms with Gasteiger partial charge in [0, 0.05) is 5.69 Å². The summed E-state index contributed by atoms with van der Waals surface area (Å²) in [5, 5.41) is 12.2. The van der Waals surface area contributed by atoms with Crippen LogP contribution in [0, 0.1) is 11.3 Å². The number of carbonyl (C=O) groups is 2. The van der Waals surface area contributed by atoms with Gasteiger partial charge in [0.1, 0.15) is 22.3 Å². The van der Waals surface area contributed by atoms with Crippen molar-refractivity contribution in [2.24, 2.45) is 0 Å². The first-order valence-corrected chi connectivity index (χ1v) is 13.2. The summed E-state index contributed by atoms with van der Waals surface area (Å²) in [5.74, 6) is -0.625. The van der Waals surface area contributed by atoms with Gasteiger partial charge in [0.25, 0.3) is 5.91 Å². The maximum Gasteiger partial charge on any atom is 0.339 e. The Morgan fingerprint density at radius 1 is 0.949 bits per heavy atom. The first-order chi connectivity index (χ1) is 18.7. The van der Waals surface area contributed by atoms with Gasteiger partial charge in [-0.25, -0.2) is 4.79 Å². The molecule has 0 spiro atoms. The zero-order valence-electron chi connectivity index (χ0n) is 21.5. The molecule has 0 saturated heterocycles. The fourth-order valence-electron chi connectivity index (χ4n) is 3.28. The number of carbonyl (C=O) groups excluding carboxylic acids is 2. The van der Waals surface area contributed by atoms with Gasteiger partial charge in [-0.05, 0) is 86.2 Å². The zero-order valence-corrected chi connectivity index (χ0v) is 22.3. The summed E-state index contributed by atoms with van der Waals surface area (Å²) in [5.41, 5.74) is 0.880. The number of esters is 1. The first kappa shape index (κ1) is 28.7. The lowest BCUT2D eigenvalue weighted by Crippen LogP contribution is -2.14. The third kappa shape index (κ3) is 7.59. The normalized spacial score (nSPS) is 11.2. The Kier molecular flexibility index (Phi) is 9.67. The van der Waals surface area contributed by atoms with Crippen LogP contribution in [0.4, 0.5) is 5.69 Å². The van der Waals surface area contributed by atoms with Crippen molar-refractivity contribution in [2.75, 3.05) is 25.6 Å². The highest BCUT2D eigenvalue weighted by Crippen LogP contribution is 2.32. The minimum atomic E-state index is -4.18. The monoisotopic (exact) mass is 550 g/mol. The topological polar surface area (TPSA) is 141 Å². The van der Waals surface area contributed by atoms with Gasteiger partial charge in [-0.3, -0.25) is 4.79 Å². The standard InChI is InChI=1S/C28H26N2O8S/c1-4-36-26-17-19(6-15-25(26)38-39(33,34)24-13-11-23(35-3)12-14-24)16-21(18-29)27(31)30-22-9-7-20(8-10-22)28(32)37-5-2/h6-17H,4-5H2,1-3H3,(H,30,31)/b21-16+. The van der Waals surface area contributed by atoms with E-state index in [9.17, 15) is 23.3 Å². The molecule has 0 aliphatic carbocycles. The molecule has 202 valence electrons. The van der Waals surface area contributed by atoms with Gasteiger partial charge in [0.15, 0.2) is 11.5 Å². The average Bonchev–Trinajstić information content (AvgIpc) is 2.93. The molecule has 1 N–H and O–H groups in total. The summed E-state index contributed by atoms with van der Waals surface area (Å²) in [7, 11) is -2.71. The number of anilines is 1. The molecule has 0 aliphatic heterocycles. The summed E-state index contributed by atoms with van der Waals surface area (Å²) in [6.45, 7) is 3.86. The van der Waals surface area contributed by atoms with Crippen molar-refractivity contribution < 1.29 is 36.4 Å². The van der Waals surface area contributed by atoms with Crippen molar-refractivity contribution in [3.05, 3.63) is 83.4 Å². The Morgan fingerprint density at radius 2 is 1.64 bits per heavy atom. The van der Waals surface area contributed by atoms with Crippen LogP contribution in [0.3, 0.4) is 0 Å². The largest absolute Gasteiger partial charge is 0.497 e. The summed E-state index contributed by atoms with van der Waals surface area (Å²) in [6, 6.07) is 17.9. The molecule has 3 aromatic carbocycles. The van der Waals surface area contributed by atoms with Crippen molar-refractivity contribution in [1.29, 1.82) is 5.26 Å². The summed E-state index contributed by atoms with van der Waals surface area (Å²) in [6.07, 6.45) is 1.33. The molecule has 39 heavy (non-hydrogen) atoms. The third-order valence-corrected chi connectivity index (χ3v) is 6.39. The fraction of sp³-hybridized carbons (Fsp3) is 0.179. The van der Waals surface area contributed by atoms with Crippen LogP contribution < -0.4 is 19.0 Å². The minimum absolute atomic E-state index is 0.0607. The fourth-order valence-corrected chi connectivity index (χ4v) is 4.22. The van der Waals surface area contributed by atoms with Gasteiger partial charge in [0.2, 0.25) is 0 Å². The van der Waals surface area contributed by atoms with E-state index in [-0.39, 0.29) is 35.2 Å². The van der Waals surface area contributed by atoms with Crippen LogP contribution in [0.25, 0.3) is 6.08 Å². The van der Waals surface area contributed by atoms with E-state index in [1.165, 1.54) is 79.9 Å². The number of rotatable bonds is 11. The summed E-state index contributed by atoms with van der Waals surface area (Å²) < 4.78 is 46.4. The smallest absolute Gasteiger partial charge is 0.339 e. The molecular formula is C28H26N2O8S. The number of nitriles is 1. The Bertz CT molecular complexity index is 1510. The van der Waals surface area contributed by atoms with E-state index in [2.05, 4.69) is 5.32 Å².